The molecule has 0 aromatic carbocycles. The summed E-state index contributed by atoms with van der Waals surface area (Å²) in [5, 5.41) is 8.78. The van der Waals surface area contributed by atoms with Crippen LogP contribution in [0, 0.1) is 5.95 Å². The summed E-state index contributed by atoms with van der Waals surface area (Å²) < 4.78 is 37.4. The Kier molecular flexibility index (Phi) is 3.71. The zero-order valence-electron chi connectivity index (χ0n) is 6.98. The summed E-state index contributed by atoms with van der Waals surface area (Å²) in [7, 11) is 0. The minimum atomic E-state index is -2.90. The summed E-state index contributed by atoms with van der Waals surface area (Å²) in [6.45, 7) is -0.540. The van der Waals surface area contributed by atoms with Crippen LogP contribution in [-0.4, -0.2) is 10.1 Å². The van der Waals surface area contributed by atoms with Gasteiger partial charge in [0.1, 0.15) is 5.69 Å². The lowest BCUT2D eigenvalue weighted by Gasteiger charge is -2.09. The Bertz CT molecular complexity index is 333. The first-order chi connectivity index (χ1) is 6.60. The van der Waals surface area contributed by atoms with Gasteiger partial charge in [0.2, 0.25) is 5.95 Å². The topological polar surface area (TPSA) is 33.1 Å². The molecule has 78 valence electrons. The molecule has 0 radical (unpaired) electrons. The van der Waals surface area contributed by atoms with E-state index in [1.54, 1.807) is 0 Å². The predicted molar refractivity (Wildman–Crippen MR) is 44.6 cm³/mol. The highest BCUT2D eigenvalue weighted by atomic mass is 35.5. The molecule has 14 heavy (non-hydrogen) atoms. The van der Waals surface area contributed by atoms with Gasteiger partial charge in [-0.15, -0.1) is 11.6 Å². The van der Waals surface area contributed by atoms with E-state index in [0.29, 0.717) is 0 Å². The summed E-state index contributed by atoms with van der Waals surface area (Å²) in [4.78, 5) is 3.04. The van der Waals surface area contributed by atoms with Crippen molar-refractivity contribution >= 4 is 11.6 Å². The molecule has 0 bridgehead atoms. The Morgan fingerprint density at radius 1 is 1.50 bits per heavy atom. The van der Waals surface area contributed by atoms with Gasteiger partial charge in [-0.1, -0.05) is 0 Å². The van der Waals surface area contributed by atoms with Crippen molar-refractivity contribution in [1.29, 1.82) is 0 Å². The summed E-state index contributed by atoms with van der Waals surface area (Å²) in [5.74, 6) is -1.28. The Balaban J connectivity index is 3.31. The van der Waals surface area contributed by atoms with Gasteiger partial charge in [0.05, 0.1) is 6.61 Å². The largest absolute Gasteiger partial charge is 0.392 e. The molecule has 1 rings (SSSR count). The number of aliphatic hydroxyl groups is 1. The fraction of sp³-hybridized carbons (Fsp3) is 0.375. The molecule has 0 aliphatic carbocycles. The standard InChI is InChI=1S/C8H7ClF3NO/c9-2-5-4(3-14)1-6(10)13-7(5)8(11)12/h1,8,14H,2-3H2. The van der Waals surface area contributed by atoms with Crippen LogP contribution in [0.15, 0.2) is 6.07 Å². The van der Waals surface area contributed by atoms with Crippen LogP contribution in [-0.2, 0) is 12.5 Å². The van der Waals surface area contributed by atoms with E-state index in [2.05, 4.69) is 4.98 Å². The molecule has 1 heterocycles. The van der Waals surface area contributed by atoms with E-state index in [9.17, 15) is 13.2 Å². The molecule has 2 nitrogen and oxygen atoms in total. The van der Waals surface area contributed by atoms with Gasteiger partial charge in [-0.25, -0.2) is 13.8 Å². The maximum absolute atomic E-state index is 12.7. The molecule has 6 heteroatoms. The van der Waals surface area contributed by atoms with Crippen LogP contribution in [0.5, 0.6) is 0 Å². The highest BCUT2D eigenvalue weighted by Gasteiger charge is 2.18. The lowest BCUT2D eigenvalue weighted by molar-refractivity contribution is 0.143. The van der Waals surface area contributed by atoms with E-state index < -0.39 is 24.7 Å². The fourth-order valence-electron chi connectivity index (χ4n) is 1.09. The molecule has 0 fully saturated rings. The number of pyridine rings is 1. The van der Waals surface area contributed by atoms with Crippen LogP contribution in [0.4, 0.5) is 13.2 Å². The molecule has 1 N–H and O–H groups in total. The van der Waals surface area contributed by atoms with E-state index in [1.807, 2.05) is 0 Å². The second kappa shape index (κ2) is 4.61. The molecule has 0 amide bonds. The lowest BCUT2D eigenvalue weighted by atomic mass is 10.1. The number of hydrogen-bond donors (Lipinski definition) is 1. The predicted octanol–water partition coefficient (Wildman–Crippen LogP) is 2.39. The van der Waals surface area contributed by atoms with Crippen LogP contribution in [0.25, 0.3) is 0 Å². The average molecular weight is 226 g/mol. The van der Waals surface area contributed by atoms with Gasteiger partial charge in [-0.3, -0.25) is 0 Å². The van der Waals surface area contributed by atoms with Crippen LogP contribution < -0.4 is 0 Å². The molecule has 0 aliphatic heterocycles. The third kappa shape index (κ3) is 2.16. The van der Waals surface area contributed by atoms with Gasteiger partial charge in [0, 0.05) is 11.4 Å². The van der Waals surface area contributed by atoms with Gasteiger partial charge in [-0.2, -0.15) is 4.39 Å². The number of rotatable bonds is 3. The minimum Gasteiger partial charge on any atom is -0.392 e. The van der Waals surface area contributed by atoms with Crippen molar-refractivity contribution in [2.24, 2.45) is 0 Å². The summed E-state index contributed by atoms with van der Waals surface area (Å²) in [6.07, 6.45) is -2.90. The van der Waals surface area contributed by atoms with E-state index >= 15 is 0 Å². The van der Waals surface area contributed by atoms with Gasteiger partial charge < -0.3 is 5.11 Å². The monoisotopic (exact) mass is 225 g/mol. The number of halogens is 4. The molecule has 0 spiro atoms. The molecule has 0 aliphatic rings. The molecule has 0 saturated carbocycles. The van der Waals surface area contributed by atoms with Crippen molar-refractivity contribution in [2.45, 2.75) is 18.9 Å². The van der Waals surface area contributed by atoms with Crippen LogP contribution >= 0.6 is 11.6 Å². The molecular formula is C8H7ClF3NO. The quantitative estimate of drug-likeness (QED) is 0.633. The lowest BCUT2D eigenvalue weighted by Crippen LogP contribution is -2.04. The van der Waals surface area contributed by atoms with Crippen molar-refractivity contribution in [3.05, 3.63) is 28.8 Å². The number of hydrogen-bond acceptors (Lipinski definition) is 2. The Hall–Kier alpha value is -0.810. The van der Waals surface area contributed by atoms with Crippen molar-refractivity contribution in [3.8, 4) is 0 Å². The zero-order chi connectivity index (χ0) is 10.7. The average Bonchev–Trinajstić information content (AvgIpc) is 2.16. The molecule has 1 aromatic heterocycles. The summed E-state index contributed by atoms with van der Waals surface area (Å²) >= 11 is 5.41. The highest BCUT2D eigenvalue weighted by Crippen LogP contribution is 2.25. The van der Waals surface area contributed by atoms with E-state index in [-0.39, 0.29) is 17.0 Å². The molecule has 0 saturated heterocycles. The Morgan fingerprint density at radius 2 is 2.14 bits per heavy atom. The Labute approximate surface area is 83.3 Å². The van der Waals surface area contributed by atoms with E-state index in [4.69, 9.17) is 16.7 Å². The molecule has 0 unspecified atom stereocenters. The number of alkyl halides is 3. The van der Waals surface area contributed by atoms with Crippen molar-refractivity contribution in [3.63, 3.8) is 0 Å². The Morgan fingerprint density at radius 3 is 2.57 bits per heavy atom. The SMILES string of the molecule is OCc1cc(F)nc(C(F)F)c1CCl. The summed E-state index contributed by atoms with van der Waals surface area (Å²) in [5.41, 5.74) is -0.669. The van der Waals surface area contributed by atoms with E-state index in [1.165, 1.54) is 0 Å². The maximum Gasteiger partial charge on any atom is 0.280 e. The first kappa shape index (κ1) is 11.3. The van der Waals surface area contributed by atoms with Gasteiger partial charge >= 0.3 is 0 Å². The van der Waals surface area contributed by atoms with Crippen molar-refractivity contribution in [2.75, 3.05) is 0 Å². The number of aliphatic hydroxyl groups excluding tert-OH is 1. The minimum absolute atomic E-state index is 0.00873. The van der Waals surface area contributed by atoms with Crippen LogP contribution in [0.1, 0.15) is 23.2 Å². The second-order valence-electron chi connectivity index (χ2n) is 2.56. The van der Waals surface area contributed by atoms with Crippen molar-refractivity contribution in [1.82, 2.24) is 4.98 Å². The number of nitrogens with zero attached hydrogens (tertiary/aromatic N) is 1. The molecular weight excluding hydrogens is 219 g/mol. The van der Waals surface area contributed by atoms with Crippen LogP contribution in [0.3, 0.4) is 0 Å². The first-order valence-electron chi connectivity index (χ1n) is 3.73. The highest BCUT2D eigenvalue weighted by molar-refractivity contribution is 6.17. The van der Waals surface area contributed by atoms with Gasteiger partial charge in [-0.05, 0) is 11.6 Å². The third-order valence-electron chi connectivity index (χ3n) is 1.73. The first-order valence-corrected chi connectivity index (χ1v) is 4.26. The normalized spacial score (nSPS) is 11.0. The zero-order valence-corrected chi connectivity index (χ0v) is 7.73. The molecule has 0 atom stereocenters. The summed E-state index contributed by atoms with van der Waals surface area (Å²) in [6, 6.07) is 0.892. The number of aromatic nitrogens is 1. The van der Waals surface area contributed by atoms with Gasteiger partial charge in [0.15, 0.2) is 0 Å². The van der Waals surface area contributed by atoms with Gasteiger partial charge in [0.25, 0.3) is 6.43 Å². The maximum atomic E-state index is 12.7. The smallest absolute Gasteiger partial charge is 0.280 e. The van der Waals surface area contributed by atoms with E-state index in [0.717, 1.165) is 6.07 Å². The third-order valence-corrected chi connectivity index (χ3v) is 2.00. The van der Waals surface area contributed by atoms with Crippen molar-refractivity contribution < 1.29 is 18.3 Å². The second-order valence-corrected chi connectivity index (χ2v) is 2.83. The van der Waals surface area contributed by atoms with Crippen LogP contribution in [0.2, 0.25) is 0 Å². The fourth-order valence-corrected chi connectivity index (χ4v) is 1.39. The molecule has 1 aromatic rings.